The molecular weight excluding hydrogens is 328 g/mol. The number of rotatable bonds is 5. The van der Waals surface area contributed by atoms with Gasteiger partial charge < -0.3 is 10.0 Å². The monoisotopic (exact) mass is 354 g/mol. The molecule has 1 N–H and O–H groups in total. The summed E-state index contributed by atoms with van der Waals surface area (Å²) >= 11 is 0. The first-order valence-corrected chi connectivity index (χ1v) is 9.22. The molecular formula is C21H26N2O3. The summed E-state index contributed by atoms with van der Waals surface area (Å²) in [6, 6.07) is 15.0. The molecule has 0 radical (unpaired) electrons. The minimum atomic E-state index is -0.947. The van der Waals surface area contributed by atoms with Gasteiger partial charge in [0.2, 0.25) is 5.91 Å². The molecule has 0 spiro atoms. The Balaban J connectivity index is 1.64. The van der Waals surface area contributed by atoms with Gasteiger partial charge in [-0.15, -0.1) is 0 Å². The van der Waals surface area contributed by atoms with Crippen LogP contribution in [0.25, 0.3) is 10.8 Å². The van der Waals surface area contributed by atoms with Gasteiger partial charge in [-0.05, 0) is 48.2 Å². The molecule has 1 aliphatic rings. The number of likely N-dealkylation sites (tertiary alicyclic amines) is 1. The molecule has 5 heteroatoms. The van der Waals surface area contributed by atoms with E-state index >= 15 is 0 Å². The van der Waals surface area contributed by atoms with Crippen LogP contribution in [-0.2, 0) is 16.1 Å². The largest absolute Gasteiger partial charge is 0.480 e. The number of fused-ring (bicyclic) bond motifs is 1. The summed E-state index contributed by atoms with van der Waals surface area (Å²) < 4.78 is 0. The Morgan fingerprint density at radius 1 is 1.12 bits per heavy atom. The third kappa shape index (κ3) is 4.61. The van der Waals surface area contributed by atoms with Crippen molar-refractivity contribution in [2.24, 2.45) is 0 Å². The Morgan fingerprint density at radius 3 is 2.62 bits per heavy atom. The van der Waals surface area contributed by atoms with Crippen molar-refractivity contribution in [2.45, 2.75) is 38.8 Å². The highest BCUT2D eigenvalue weighted by atomic mass is 16.4. The average molecular weight is 354 g/mol. The molecule has 26 heavy (non-hydrogen) atoms. The van der Waals surface area contributed by atoms with Crippen LogP contribution in [-0.4, -0.2) is 52.5 Å². The maximum atomic E-state index is 11.8. The van der Waals surface area contributed by atoms with E-state index in [4.69, 9.17) is 5.11 Å². The number of hydrogen-bond acceptors (Lipinski definition) is 3. The molecule has 5 nitrogen and oxygen atoms in total. The quantitative estimate of drug-likeness (QED) is 0.896. The molecule has 1 fully saturated rings. The average Bonchev–Trinajstić information content (AvgIpc) is 2.85. The molecule has 0 saturated carbocycles. The lowest BCUT2D eigenvalue weighted by Crippen LogP contribution is -2.42. The highest BCUT2D eigenvalue weighted by Gasteiger charge is 2.26. The van der Waals surface area contributed by atoms with E-state index in [0.717, 1.165) is 38.9 Å². The van der Waals surface area contributed by atoms with E-state index in [0.29, 0.717) is 0 Å². The third-order valence-corrected chi connectivity index (χ3v) is 5.16. The predicted octanol–water partition coefficient (Wildman–Crippen LogP) is 3.13. The number of hydrogen-bond donors (Lipinski definition) is 1. The molecule has 1 unspecified atom stereocenters. The van der Waals surface area contributed by atoms with Gasteiger partial charge in [-0.1, -0.05) is 36.4 Å². The van der Waals surface area contributed by atoms with Gasteiger partial charge >= 0.3 is 5.97 Å². The first-order valence-electron chi connectivity index (χ1n) is 9.22. The van der Waals surface area contributed by atoms with Gasteiger partial charge in [-0.2, -0.15) is 0 Å². The van der Waals surface area contributed by atoms with Crippen LogP contribution in [0, 0.1) is 0 Å². The standard InChI is InChI=1S/C21H26N2O3/c1-16(24)23(15-21(25)26)20-7-4-11-22(12-10-20)14-17-8-9-18-5-2-3-6-19(18)13-17/h2-3,5-6,8-9,13,20H,4,7,10-12,14-15H2,1H3,(H,25,26). The van der Waals surface area contributed by atoms with Gasteiger partial charge in [0, 0.05) is 26.1 Å². The highest BCUT2D eigenvalue weighted by molar-refractivity contribution is 5.83. The zero-order valence-corrected chi connectivity index (χ0v) is 15.2. The summed E-state index contributed by atoms with van der Waals surface area (Å²) in [6.45, 7) is 3.99. The molecule has 1 saturated heterocycles. The Morgan fingerprint density at radius 2 is 1.88 bits per heavy atom. The van der Waals surface area contributed by atoms with Gasteiger partial charge in [0.15, 0.2) is 0 Å². The molecule has 3 rings (SSSR count). The van der Waals surface area contributed by atoms with Gasteiger partial charge in [0.1, 0.15) is 6.54 Å². The van der Waals surface area contributed by atoms with Crippen LogP contribution in [0.1, 0.15) is 31.7 Å². The molecule has 1 heterocycles. The molecule has 1 amide bonds. The van der Waals surface area contributed by atoms with E-state index in [-0.39, 0.29) is 18.5 Å². The topological polar surface area (TPSA) is 60.9 Å². The summed E-state index contributed by atoms with van der Waals surface area (Å²) in [4.78, 5) is 26.8. The Bertz CT molecular complexity index is 790. The lowest BCUT2D eigenvalue weighted by atomic mass is 10.1. The second-order valence-electron chi connectivity index (χ2n) is 7.08. The summed E-state index contributed by atoms with van der Waals surface area (Å²) in [7, 11) is 0. The Labute approximate surface area is 154 Å². The van der Waals surface area contributed by atoms with Crippen molar-refractivity contribution in [2.75, 3.05) is 19.6 Å². The van der Waals surface area contributed by atoms with Crippen molar-refractivity contribution in [3.63, 3.8) is 0 Å². The minimum absolute atomic E-state index is 0.0187. The van der Waals surface area contributed by atoms with Gasteiger partial charge in [0.25, 0.3) is 0 Å². The number of carbonyl (C=O) groups excluding carboxylic acids is 1. The maximum absolute atomic E-state index is 11.8. The highest BCUT2D eigenvalue weighted by Crippen LogP contribution is 2.21. The van der Waals surface area contributed by atoms with Crippen molar-refractivity contribution in [1.29, 1.82) is 0 Å². The first kappa shape index (κ1) is 18.4. The summed E-state index contributed by atoms with van der Waals surface area (Å²) in [5.74, 6) is -1.10. The normalized spacial score (nSPS) is 18.4. The lowest BCUT2D eigenvalue weighted by Gasteiger charge is -2.29. The van der Waals surface area contributed by atoms with E-state index in [1.807, 2.05) is 0 Å². The number of benzene rings is 2. The van der Waals surface area contributed by atoms with Crippen molar-refractivity contribution in [1.82, 2.24) is 9.80 Å². The zero-order chi connectivity index (χ0) is 18.5. The predicted molar refractivity (Wildman–Crippen MR) is 102 cm³/mol. The van der Waals surface area contributed by atoms with Crippen LogP contribution in [0.5, 0.6) is 0 Å². The number of aliphatic carboxylic acids is 1. The van der Waals surface area contributed by atoms with E-state index in [9.17, 15) is 9.59 Å². The summed E-state index contributed by atoms with van der Waals surface area (Å²) in [5, 5.41) is 11.6. The molecule has 0 aromatic heterocycles. The fraction of sp³-hybridized carbons (Fsp3) is 0.429. The van der Waals surface area contributed by atoms with Gasteiger partial charge in [-0.25, -0.2) is 0 Å². The van der Waals surface area contributed by atoms with E-state index in [2.05, 4.69) is 47.4 Å². The maximum Gasteiger partial charge on any atom is 0.323 e. The van der Waals surface area contributed by atoms with Crippen LogP contribution >= 0.6 is 0 Å². The molecule has 0 bridgehead atoms. The summed E-state index contributed by atoms with van der Waals surface area (Å²) in [5.41, 5.74) is 1.29. The smallest absolute Gasteiger partial charge is 0.323 e. The first-order chi connectivity index (χ1) is 12.5. The molecule has 0 aliphatic carbocycles. The minimum Gasteiger partial charge on any atom is -0.480 e. The Kier molecular flexibility index (Phi) is 5.89. The van der Waals surface area contributed by atoms with Crippen LogP contribution in [0.15, 0.2) is 42.5 Å². The lowest BCUT2D eigenvalue weighted by molar-refractivity contribution is -0.145. The van der Waals surface area contributed by atoms with E-state index in [1.165, 1.54) is 28.2 Å². The van der Waals surface area contributed by atoms with Gasteiger partial charge in [0.05, 0.1) is 0 Å². The van der Waals surface area contributed by atoms with Gasteiger partial charge in [-0.3, -0.25) is 14.5 Å². The van der Waals surface area contributed by atoms with Crippen LogP contribution < -0.4 is 0 Å². The van der Waals surface area contributed by atoms with E-state index in [1.54, 1.807) is 0 Å². The second kappa shape index (κ2) is 8.32. The van der Waals surface area contributed by atoms with E-state index < -0.39 is 5.97 Å². The summed E-state index contributed by atoms with van der Waals surface area (Å²) in [6.07, 6.45) is 2.66. The number of carboxylic acid groups (broad SMARTS) is 1. The molecule has 2 aromatic rings. The fourth-order valence-electron chi connectivity index (χ4n) is 3.85. The van der Waals surface area contributed by atoms with Crippen molar-refractivity contribution in [3.05, 3.63) is 48.0 Å². The van der Waals surface area contributed by atoms with Crippen LogP contribution in [0.2, 0.25) is 0 Å². The second-order valence-corrected chi connectivity index (χ2v) is 7.08. The van der Waals surface area contributed by atoms with Crippen molar-refractivity contribution >= 4 is 22.6 Å². The molecule has 1 aliphatic heterocycles. The number of nitrogens with zero attached hydrogens (tertiary/aromatic N) is 2. The SMILES string of the molecule is CC(=O)N(CC(=O)O)C1CCCN(Cc2ccc3ccccc3c2)CC1. The number of carbonyl (C=O) groups is 2. The van der Waals surface area contributed by atoms with Crippen molar-refractivity contribution < 1.29 is 14.7 Å². The van der Waals surface area contributed by atoms with Crippen molar-refractivity contribution in [3.8, 4) is 0 Å². The zero-order valence-electron chi connectivity index (χ0n) is 15.2. The number of carboxylic acids is 1. The number of amides is 1. The molecule has 2 aromatic carbocycles. The molecule has 1 atom stereocenters. The fourth-order valence-corrected chi connectivity index (χ4v) is 3.85. The van der Waals surface area contributed by atoms with Crippen LogP contribution in [0.4, 0.5) is 0 Å². The molecule has 138 valence electrons. The Hall–Kier alpha value is -2.40. The third-order valence-electron chi connectivity index (χ3n) is 5.16. The van der Waals surface area contributed by atoms with Crippen LogP contribution in [0.3, 0.4) is 0 Å².